The average molecular weight is 504 g/mol. The summed E-state index contributed by atoms with van der Waals surface area (Å²) in [7, 11) is -7.05. The van der Waals surface area contributed by atoms with Crippen LogP contribution in [-0.2, 0) is 29.7 Å². The lowest BCUT2D eigenvalue weighted by Gasteiger charge is -2.28. The molecule has 3 aromatic rings. The first-order valence-corrected chi connectivity index (χ1v) is 14.9. The Kier molecular flexibility index (Phi) is 8.48. The molecule has 0 atom stereocenters. The van der Waals surface area contributed by atoms with Gasteiger partial charge in [0.25, 0.3) is 10.0 Å². The molecule has 0 saturated carbocycles. The van der Waals surface area contributed by atoms with Crippen molar-refractivity contribution in [3.05, 3.63) is 65.4 Å². The molecule has 1 heterocycles. The van der Waals surface area contributed by atoms with E-state index in [0.29, 0.717) is 48.0 Å². The van der Waals surface area contributed by atoms with E-state index in [1.165, 1.54) is 10.9 Å². The van der Waals surface area contributed by atoms with Crippen LogP contribution in [0.5, 0.6) is 0 Å². The smallest absolute Gasteiger partial charge is 0.374 e. The van der Waals surface area contributed by atoms with E-state index >= 15 is 0 Å². The molecule has 0 spiro atoms. The Balaban J connectivity index is 2.23. The first kappa shape index (κ1) is 26.3. The topological polar surface area (TPSA) is 83.8 Å². The fourth-order valence-corrected chi connectivity index (χ4v) is 8.37. The molecule has 1 aromatic heterocycles. The fourth-order valence-electron chi connectivity index (χ4n) is 4.25. The van der Waals surface area contributed by atoms with Gasteiger partial charge in [0.15, 0.2) is 5.78 Å². The van der Waals surface area contributed by atoms with Crippen LogP contribution in [0.25, 0.3) is 10.9 Å². The number of aryl methyl sites for hydroxylation is 1. The first-order chi connectivity index (χ1) is 16.2. The lowest BCUT2D eigenvalue weighted by Crippen LogP contribution is -2.46. The van der Waals surface area contributed by atoms with E-state index in [4.69, 9.17) is 13.3 Å². The predicted molar refractivity (Wildman–Crippen MR) is 135 cm³/mol. The van der Waals surface area contributed by atoms with Crippen molar-refractivity contribution < 1.29 is 26.5 Å². The molecule has 0 fully saturated rings. The number of aromatic nitrogens is 1. The number of carbonyl (C=O) groups is 1. The van der Waals surface area contributed by atoms with Crippen LogP contribution in [0.2, 0.25) is 6.04 Å². The van der Waals surface area contributed by atoms with E-state index in [-0.39, 0.29) is 17.1 Å². The van der Waals surface area contributed by atoms with Crippen molar-refractivity contribution in [2.75, 3.05) is 19.8 Å². The van der Waals surface area contributed by atoms with Crippen molar-refractivity contribution in [2.24, 2.45) is 0 Å². The Labute approximate surface area is 203 Å². The number of benzene rings is 2. The maximum Gasteiger partial charge on any atom is 0.501 e. The Hall–Kier alpha value is -2.30. The maximum atomic E-state index is 13.9. The second-order valence-corrected chi connectivity index (χ2v) is 12.5. The number of fused-ring (bicyclic) bond motifs is 1. The second-order valence-electron chi connectivity index (χ2n) is 7.96. The lowest BCUT2D eigenvalue weighted by molar-refractivity contribution is 0.0712. The van der Waals surface area contributed by atoms with Crippen molar-refractivity contribution in [1.29, 1.82) is 0 Å². The Morgan fingerprint density at radius 3 is 2.00 bits per heavy atom. The third-order valence-electron chi connectivity index (χ3n) is 5.60. The molecule has 0 radical (unpaired) electrons. The molecule has 0 aliphatic heterocycles. The molecule has 0 aliphatic rings. The van der Waals surface area contributed by atoms with E-state index in [9.17, 15) is 13.2 Å². The van der Waals surface area contributed by atoms with E-state index in [2.05, 4.69) is 0 Å². The summed E-state index contributed by atoms with van der Waals surface area (Å²) < 4.78 is 47.0. The second kappa shape index (κ2) is 11.0. The monoisotopic (exact) mass is 503 g/mol. The van der Waals surface area contributed by atoms with Crippen LogP contribution >= 0.6 is 0 Å². The van der Waals surface area contributed by atoms with Crippen molar-refractivity contribution in [3.63, 3.8) is 0 Å². The summed E-state index contributed by atoms with van der Waals surface area (Å²) in [5, 5.41) is 0.609. The van der Waals surface area contributed by atoms with E-state index in [0.717, 1.165) is 5.56 Å². The third-order valence-corrected chi connectivity index (χ3v) is 10.4. The van der Waals surface area contributed by atoms with Gasteiger partial charge in [-0.3, -0.25) is 4.79 Å². The highest BCUT2D eigenvalue weighted by atomic mass is 32.2. The zero-order valence-electron chi connectivity index (χ0n) is 20.5. The molecule has 0 unspecified atom stereocenters. The van der Waals surface area contributed by atoms with Gasteiger partial charge in [0.05, 0.1) is 10.4 Å². The molecule has 184 valence electrons. The van der Waals surface area contributed by atoms with Gasteiger partial charge < -0.3 is 13.3 Å². The minimum atomic E-state index is -3.97. The summed E-state index contributed by atoms with van der Waals surface area (Å²) in [4.78, 5) is 13.0. The minimum absolute atomic E-state index is 0.165. The van der Waals surface area contributed by atoms with Crippen molar-refractivity contribution in [3.8, 4) is 0 Å². The van der Waals surface area contributed by atoms with Gasteiger partial charge in [0, 0.05) is 42.5 Å². The summed E-state index contributed by atoms with van der Waals surface area (Å²) in [5.41, 5.74) is 2.26. The first-order valence-electron chi connectivity index (χ1n) is 11.6. The number of rotatable bonds is 12. The van der Waals surface area contributed by atoms with Crippen LogP contribution in [-0.4, -0.2) is 46.8 Å². The highest BCUT2D eigenvalue weighted by molar-refractivity contribution is 7.90. The lowest BCUT2D eigenvalue weighted by atomic mass is 10.1. The van der Waals surface area contributed by atoms with Gasteiger partial charge >= 0.3 is 8.80 Å². The van der Waals surface area contributed by atoms with Gasteiger partial charge in [0.1, 0.15) is 0 Å². The van der Waals surface area contributed by atoms with Crippen LogP contribution < -0.4 is 0 Å². The summed E-state index contributed by atoms with van der Waals surface area (Å²) in [6.07, 6.45) is 0.251. The maximum absolute atomic E-state index is 13.9. The van der Waals surface area contributed by atoms with Crippen LogP contribution in [0.3, 0.4) is 0 Å². The number of nitrogens with zero attached hydrogens (tertiary/aromatic N) is 1. The Morgan fingerprint density at radius 2 is 1.47 bits per heavy atom. The number of carbonyl (C=O) groups excluding carboxylic acids is 1. The minimum Gasteiger partial charge on any atom is -0.374 e. The number of para-hydroxylation sites is 1. The molecule has 0 aliphatic carbocycles. The zero-order chi connectivity index (χ0) is 24.9. The van der Waals surface area contributed by atoms with Gasteiger partial charge in [-0.1, -0.05) is 35.9 Å². The molecule has 0 amide bonds. The van der Waals surface area contributed by atoms with E-state index in [1.54, 1.807) is 48.5 Å². The van der Waals surface area contributed by atoms with Crippen molar-refractivity contribution >= 4 is 35.5 Å². The normalized spacial score (nSPS) is 12.4. The Bertz CT molecular complexity index is 1230. The van der Waals surface area contributed by atoms with Crippen LogP contribution in [0, 0.1) is 6.92 Å². The van der Waals surface area contributed by atoms with Crippen LogP contribution in [0.15, 0.2) is 53.4 Å². The molecule has 2 aromatic carbocycles. The fraction of sp³-hybridized carbons (Fsp3) is 0.400. The highest BCUT2D eigenvalue weighted by Crippen LogP contribution is 2.33. The molecular weight excluding hydrogens is 470 g/mol. The van der Waals surface area contributed by atoms with Gasteiger partial charge in [-0.15, -0.1) is 0 Å². The largest absolute Gasteiger partial charge is 0.501 e. The van der Waals surface area contributed by atoms with E-state index < -0.39 is 18.8 Å². The van der Waals surface area contributed by atoms with Gasteiger partial charge in [-0.05, 0) is 59.2 Å². The summed E-state index contributed by atoms with van der Waals surface area (Å²) in [5.74, 6) is -0.194. The number of Topliss-reactive ketones (excluding diaryl/α,β-unsaturated/α-hetero) is 1. The van der Waals surface area contributed by atoms with Crippen LogP contribution in [0.1, 0.15) is 49.3 Å². The summed E-state index contributed by atoms with van der Waals surface area (Å²) >= 11 is 0. The molecular formula is C25H33NO6SSi. The standard InChI is InChI=1S/C25H33NO6SSi/c1-6-30-34(31-7-2,32-8-3)18-17-24-25(20(5)27)22-11-9-10-12-23(22)26(24)33(28,29)21-15-13-19(4)14-16-21/h9-16H,6-8,17-18H2,1-5H3. The molecule has 3 rings (SSSR count). The molecule has 34 heavy (non-hydrogen) atoms. The SMILES string of the molecule is CCO[Si](CCc1c(C(C)=O)c2ccccc2n1S(=O)(=O)c1ccc(C)cc1)(OCC)OCC. The van der Waals surface area contributed by atoms with Gasteiger partial charge in [-0.2, -0.15) is 0 Å². The quantitative estimate of drug-likeness (QED) is 0.256. The van der Waals surface area contributed by atoms with Crippen molar-refractivity contribution in [2.45, 2.75) is 52.0 Å². The molecule has 0 bridgehead atoms. The van der Waals surface area contributed by atoms with Crippen molar-refractivity contribution in [1.82, 2.24) is 3.97 Å². The highest BCUT2D eigenvalue weighted by Gasteiger charge is 2.41. The molecule has 7 nitrogen and oxygen atoms in total. The molecule has 0 saturated heterocycles. The summed E-state index contributed by atoms with van der Waals surface area (Å²) in [6, 6.07) is 14.2. The van der Waals surface area contributed by atoms with Gasteiger partial charge in [0.2, 0.25) is 0 Å². The number of hydrogen-bond acceptors (Lipinski definition) is 6. The zero-order valence-corrected chi connectivity index (χ0v) is 22.3. The van der Waals surface area contributed by atoms with Crippen LogP contribution in [0.4, 0.5) is 0 Å². The van der Waals surface area contributed by atoms with E-state index in [1.807, 2.05) is 27.7 Å². The Morgan fingerprint density at radius 1 is 0.912 bits per heavy atom. The predicted octanol–water partition coefficient (Wildman–Crippen LogP) is 4.98. The molecule has 9 heteroatoms. The number of hydrogen-bond donors (Lipinski definition) is 0. The molecule has 0 N–H and O–H groups in total. The van der Waals surface area contributed by atoms with Gasteiger partial charge in [-0.25, -0.2) is 12.4 Å². The third kappa shape index (κ3) is 5.18. The summed E-state index contributed by atoms with van der Waals surface area (Å²) in [6.45, 7) is 10.2. The number of ketones is 1. The average Bonchev–Trinajstić information content (AvgIpc) is 3.14.